The van der Waals surface area contributed by atoms with Crippen molar-refractivity contribution in [2.24, 2.45) is 10.1 Å². The standard InChI is InChI=1S/C23H15N5O5/c29-23-21(14-16-6-10-19(11-7-16)27(30)31)25-22(18-4-2-1-3-5-18)26(23)24-15-17-8-12-20(13-9-17)28(32)33/h1-15H/b21-14-,24-15+. The van der Waals surface area contributed by atoms with E-state index in [0.717, 1.165) is 5.01 Å². The summed E-state index contributed by atoms with van der Waals surface area (Å²) >= 11 is 0. The SMILES string of the molecule is O=C1/C(=C/c2ccc([N+](=O)[O-])cc2)N=C(c2ccccc2)N1/N=C/c1ccc([N+](=O)[O-])cc1. The van der Waals surface area contributed by atoms with Crippen LogP contribution < -0.4 is 0 Å². The Balaban J connectivity index is 1.67. The Morgan fingerprint density at radius 1 is 0.788 bits per heavy atom. The number of amidine groups is 1. The smallest absolute Gasteiger partial charge is 0.265 e. The summed E-state index contributed by atoms with van der Waals surface area (Å²) in [4.78, 5) is 38.2. The van der Waals surface area contributed by atoms with E-state index in [9.17, 15) is 25.0 Å². The molecule has 3 aromatic carbocycles. The van der Waals surface area contributed by atoms with E-state index >= 15 is 0 Å². The lowest BCUT2D eigenvalue weighted by Gasteiger charge is -2.11. The van der Waals surface area contributed by atoms with Crippen LogP contribution in [0.25, 0.3) is 6.08 Å². The van der Waals surface area contributed by atoms with Gasteiger partial charge in [0.25, 0.3) is 17.3 Å². The van der Waals surface area contributed by atoms with Crippen molar-refractivity contribution in [1.82, 2.24) is 5.01 Å². The number of carbonyl (C=O) groups is 1. The third-order valence-corrected chi connectivity index (χ3v) is 4.70. The Labute approximate surface area is 187 Å². The lowest BCUT2D eigenvalue weighted by molar-refractivity contribution is -0.385. The summed E-state index contributed by atoms with van der Waals surface area (Å²) in [6.07, 6.45) is 2.94. The Kier molecular flexibility index (Phi) is 5.81. The van der Waals surface area contributed by atoms with Gasteiger partial charge in [0.2, 0.25) is 0 Å². The largest absolute Gasteiger partial charge is 0.298 e. The summed E-state index contributed by atoms with van der Waals surface area (Å²) < 4.78 is 0. The third-order valence-electron chi connectivity index (χ3n) is 4.70. The maximum atomic E-state index is 13.1. The van der Waals surface area contributed by atoms with Crippen molar-refractivity contribution in [2.45, 2.75) is 0 Å². The molecular weight excluding hydrogens is 426 g/mol. The average molecular weight is 441 g/mol. The van der Waals surface area contributed by atoms with Gasteiger partial charge < -0.3 is 0 Å². The molecule has 0 aliphatic carbocycles. The minimum Gasteiger partial charge on any atom is -0.265 e. The highest BCUT2D eigenvalue weighted by molar-refractivity contribution is 6.19. The summed E-state index contributed by atoms with van der Waals surface area (Å²) in [7, 11) is 0. The molecule has 0 unspecified atom stereocenters. The predicted molar refractivity (Wildman–Crippen MR) is 122 cm³/mol. The molecule has 0 atom stereocenters. The number of nitro groups is 2. The van der Waals surface area contributed by atoms with Gasteiger partial charge in [-0.25, -0.2) is 4.99 Å². The van der Waals surface area contributed by atoms with Crippen LogP contribution in [0.5, 0.6) is 0 Å². The molecule has 1 amide bonds. The van der Waals surface area contributed by atoms with E-state index in [2.05, 4.69) is 10.1 Å². The minimum atomic E-state index is -0.502. The summed E-state index contributed by atoms with van der Waals surface area (Å²) in [5.74, 6) is -0.169. The van der Waals surface area contributed by atoms with Gasteiger partial charge in [-0.05, 0) is 41.5 Å². The number of benzene rings is 3. The number of hydrogen-bond acceptors (Lipinski definition) is 7. The molecule has 0 saturated carbocycles. The van der Waals surface area contributed by atoms with Crippen LogP contribution in [0.4, 0.5) is 11.4 Å². The van der Waals surface area contributed by atoms with E-state index in [1.54, 1.807) is 24.3 Å². The molecule has 33 heavy (non-hydrogen) atoms. The second kappa shape index (κ2) is 9.02. The van der Waals surface area contributed by atoms with Gasteiger partial charge in [-0.15, -0.1) is 0 Å². The summed E-state index contributed by atoms with van der Waals surface area (Å²) in [6.45, 7) is 0. The van der Waals surface area contributed by atoms with Crippen LogP contribution >= 0.6 is 0 Å². The number of amides is 1. The van der Waals surface area contributed by atoms with Crippen LogP contribution in [0, 0.1) is 20.2 Å². The Morgan fingerprint density at radius 2 is 1.33 bits per heavy atom. The topological polar surface area (TPSA) is 131 Å². The van der Waals surface area contributed by atoms with Crippen molar-refractivity contribution in [3.63, 3.8) is 0 Å². The van der Waals surface area contributed by atoms with Gasteiger partial charge in [0.1, 0.15) is 5.70 Å². The second-order valence-electron chi connectivity index (χ2n) is 6.89. The number of aliphatic imine (C=N–C) groups is 1. The molecule has 0 aromatic heterocycles. The molecule has 10 heteroatoms. The van der Waals surface area contributed by atoms with E-state index in [0.29, 0.717) is 22.5 Å². The van der Waals surface area contributed by atoms with Crippen LogP contribution in [-0.4, -0.2) is 32.8 Å². The van der Waals surface area contributed by atoms with Crippen molar-refractivity contribution in [3.05, 3.63) is 121 Å². The maximum Gasteiger partial charge on any atom is 0.298 e. The Hall–Kier alpha value is -4.99. The van der Waals surface area contributed by atoms with Crippen LogP contribution in [0.1, 0.15) is 16.7 Å². The fraction of sp³-hybridized carbons (Fsp3) is 0. The molecule has 0 bridgehead atoms. The molecule has 0 N–H and O–H groups in total. The van der Waals surface area contributed by atoms with Gasteiger partial charge in [-0.3, -0.25) is 25.0 Å². The molecule has 4 rings (SSSR count). The van der Waals surface area contributed by atoms with Gasteiger partial charge in [-0.1, -0.05) is 30.3 Å². The summed E-state index contributed by atoms with van der Waals surface area (Å²) in [5.41, 5.74) is 1.80. The molecule has 162 valence electrons. The highest BCUT2D eigenvalue weighted by atomic mass is 16.6. The normalized spacial score (nSPS) is 14.7. The van der Waals surface area contributed by atoms with Gasteiger partial charge in [-0.2, -0.15) is 10.1 Å². The molecule has 10 nitrogen and oxygen atoms in total. The Bertz CT molecular complexity index is 1310. The highest BCUT2D eigenvalue weighted by Gasteiger charge is 2.31. The molecule has 0 spiro atoms. The second-order valence-corrected chi connectivity index (χ2v) is 6.89. The molecule has 0 fully saturated rings. The third kappa shape index (κ3) is 4.69. The molecule has 0 saturated heterocycles. The minimum absolute atomic E-state index is 0.0516. The van der Waals surface area contributed by atoms with Crippen LogP contribution in [0.15, 0.2) is 94.7 Å². The lowest BCUT2D eigenvalue weighted by Crippen LogP contribution is -2.27. The summed E-state index contributed by atoms with van der Waals surface area (Å²) in [6, 6.07) is 20.5. The van der Waals surface area contributed by atoms with Gasteiger partial charge in [0, 0.05) is 29.8 Å². The predicted octanol–water partition coefficient (Wildman–Crippen LogP) is 4.17. The first-order chi connectivity index (χ1) is 15.9. The number of carbonyl (C=O) groups excluding carboxylic acids is 1. The van der Waals surface area contributed by atoms with E-state index in [-0.39, 0.29) is 17.1 Å². The van der Waals surface area contributed by atoms with E-state index < -0.39 is 15.8 Å². The van der Waals surface area contributed by atoms with E-state index in [4.69, 9.17) is 0 Å². The van der Waals surface area contributed by atoms with Crippen LogP contribution in [0.2, 0.25) is 0 Å². The fourth-order valence-electron chi connectivity index (χ4n) is 3.05. The van der Waals surface area contributed by atoms with Crippen molar-refractivity contribution < 1.29 is 14.6 Å². The molecule has 1 heterocycles. The van der Waals surface area contributed by atoms with Crippen molar-refractivity contribution in [1.29, 1.82) is 0 Å². The highest BCUT2D eigenvalue weighted by Crippen LogP contribution is 2.23. The molecular formula is C23H15N5O5. The van der Waals surface area contributed by atoms with Gasteiger partial charge >= 0.3 is 0 Å². The van der Waals surface area contributed by atoms with Crippen molar-refractivity contribution >= 4 is 35.4 Å². The monoisotopic (exact) mass is 441 g/mol. The van der Waals surface area contributed by atoms with Crippen LogP contribution in [-0.2, 0) is 4.79 Å². The molecule has 0 radical (unpaired) electrons. The number of nitrogens with zero attached hydrogens (tertiary/aromatic N) is 5. The van der Waals surface area contributed by atoms with Crippen molar-refractivity contribution in [3.8, 4) is 0 Å². The first-order valence-electron chi connectivity index (χ1n) is 9.65. The zero-order valence-electron chi connectivity index (χ0n) is 16.9. The van der Waals surface area contributed by atoms with Gasteiger partial charge in [0.15, 0.2) is 5.84 Å². The number of rotatable bonds is 6. The summed E-state index contributed by atoms with van der Waals surface area (Å²) in [5, 5.41) is 27.1. The number of nitro benzene ring substituents is 2. The quantitative estimate of drug-likeness (QED) is 0.245. The average Bonchev–Trinajstić information content (AvgIpc) is 3.14. The zero-order valence-corrected chi connectivity index (χ0v) is 16.9. The first kappa shape index (κ1) is 21.2. The van der Waals surface area contributed by atoms with E-state index in [1.165, 1.54) is 60.8 Å². The number of hydrogen-bond donors (Lipinski definition) is 0. The number of non-ortho nitro benzene ring substituents is 2. The van der Waals surface area contributed by atoms with Gasteiger partial charge in [0.05, 0.1) is 16.1 Å². The molecule has 3 aromatic rings. The Morgan fingerprint density at radius 3 is 1.88 bits per heavy atom. The van der Waals surface area contributed by atoms with Crippen molar-refractivity contribution in [2.75, 3.05) is 0 Å². The first-order valence-corrected chi connectivity index (χ1v) is 9.65. The zero-order chi connectivity index (χ0) is 23.4. The van der Waals surface area contributed by atoms with Crippen LogP contribution in [0.3, 0.4) is 0 Å². The van der Waals surface area contributed by atoms with E-state index in [1.807, 2.05) is 6.07 Å². The lowest BCUT2D eigenvalue weighted by atomic mass is 10.2. The fourth-order valence-corrected chi connectivity index (χ4v) is 3.05. The molecule has 1 aliphatic heterocycles. The number of hydrazone groups is 1. The molecule has 1 aliphatic rings. The maximum absolute atomic E-state index is 13.1.